The van der Waals surface area contributed by atoms with Gasteiger partial charge in [-0.05, 0) is 49.4 Å². The molecule has 0 spiro atoms. The van der Waals surface area contributed by atoms with Crippen molar-refractivity contribution in [2.45, 2.75) is 12.5 Å². The number of rotatable bonds is 6. The van der Waals surface area contributed by atoms with Crippen LogP contribution in [0, 0.1) is 5.82 Å². The van der Waals surface area contributed by atoms with E-state index in [1.54, 1.807) is 6.07 Å². The molecule has 0 saturated carbocycles. The standard InChI is InChI=1S/C16H17BrFNO/c1-19-14(11-20-15-5-3-2-4-6-15)10-12-9-13(17)7-8-16(12)18/h2-9,14,19H,10-11H2,1H3. The van der Waals surface area contributed by atoms with Crippen molar-refractivity contribution in [3.63, 3.8) is 0 Å². The van der Waals surface area contributed by atoms with Crippen molar-refractivity contribution in [3.05, 3.63) is 64.4 Å². The lowest BCUT2D eigenvalue weighted by molar-refractivity contribution is 0.269. The SMILES string of the molecule is CNC(COc1ccccc1)Cc1cc(Br)ccc1F. The first-order valence-electron chi connectivity index (χ1n) is 6.48. The first-order valence-corrected chi connectivity index (χ1v) is 7.27. The summed E-state index contributed by atoms with van der Waals surface area (Å²) in [6, 6.07) is 14.7. The van der Waals surface area contributed by atoms with E-state index >= 15 is 0 Å². The first-order chi connectivity index (χ1) is 9.69. The molecule has 106 valence electrons. The van der Waals surface area contributed by atoms with E-state index in [0.29, 0.717) is 18.6 Å². The molecule has 0 saturated heterocycles. The zero-order valence-corrected chi connectivity index (χ0v) is 12.9. The van der Waals surface area contributed by atoms with E-state index in [-0.39, 0.29) is 11.9 Å². The number of benzene rings is 2. The molecule has 20 heavy (non-hydrogen) atoms. The van der Waals surface area contributed by atoms with E-state index in [4.69, 9.17) is 4.74 Å². The second-order valence-corrected chi connectivity index (χ2v) is 5.47. The minimum absolute atomic E-state index is 0.0546. The second kappa shape index (κ2) is 7.41. The minimum atomic E-state index is -0.187. The average molecular weight is 338 g/mol. The predicted octanol–water partition coefficient (Wildman–Crippen LogP) is 3.80. The molecule has 2 rings (SSSR count). The minimum Gasteiger partial charge on any atom is -0.492 e. The second-order valence-electron chi connectivity index (χ2n) is 4.55. The van der Waals surface area contributed by atoms with E-state index in [2.05, 4.69) is 21.2 Å². The van der Waals surface area contributed by atoms with Crippen LogP contribution in [0.25, 0.3) is 0 Å². The van der Waals surface area contributed by atoms with Gasteiger partial charge in [-0.3, -0.25) is 0 Å². The van der Waals surface area contributed by atoms with Gasteiger partial charge in [0, 0.05) is 10.5 Å². The summed E-state index contributed by atoms with van der Waals surface area (Å²) >= 11 is 3.37. The fourth-order valence-corrected chi connectivity index (χ4v) is 2.33. The smallest absolute Gasteiger partial charge is 0.126 e. The monoisotopic (exact) mass is 337 g/mol. The van der Waals surface area contributed by atoms with Crippen molar-refractivity contribution >= 4 is 15.9 Å². The van der Waals surface area contributed by atoms with Gasteiger partial charge in [-0.2, -0.15) is 0 Å². The largest absolute Gasteiger partial charge is 0.492 e. The molecule has 2 aromatic rings. The van der Waals surface area contributed by atoms with Crippen molar-refractivity contribution < 1.29 is 9.13 Å². The maximum absolute atomic E-state index is 13.7. The van der Waals surface area contributed by atoms with Crippen LogP contribution in [0.15, 0.2) is 53.0 Å². The summed E-state index contributed by atoms with van der Waals surface area (Å²) in [4.78, 5) is 0. The maximum Gasteiger partial charge on any atom is 0.126 e. The molecule has 2 aromatic carbocycles. The zero-order valence-electron chi connectivity index (χ0n) is 11.3. The first kappa shape index (κ1) is 15.0. The van der Waals surface area contributed by atoms with Crippen LogP contribution < -0.4 is 10.1 Å². The third-order valence-corrected chi connectivity index (χ3v) is 3.57. The fourth-order valence-electron chi connectivity index (χ4n) is 1.92. The molecule has 1 N–H and O–H groups in total. The van der Waals surface area contributed by atoms with Crippen LogP contribution in [0.3, 0.4) is 0 Å². The predicted molar refractivity (Wildman–Crippen MR) is 82.6 cm³/mol. The Balaban J connectivity index is 1.97. The molecule has 0 bridgehead atoms. The van der Waals surface area contributed by atoms with Gasteiger partial charge in [0.25, 0.3) is 0 Å². The molecule has 0 aliphatic heterocycles. The van der Waals surface area contributed by atoms with E-state index in [9.17, 15) is 4.39 Å². The molecule has 0 fully saturated rings. The van der Waals surface area contributed by atoms with E-state index in [1.165, 1.54) is 6.07 Å². The molecule has 0 aliphatic rings. The lowest BCUT2D eigenvalue weighted by atomic mass is 10.1. The summed E-state index contributed by atoms with van der Waals surface area (Å²) in [7, 11) is 1.86. The van der Waals surface area contributed by atoms with Gasteiger partial charge in [-0.25, -0.2) is 4.39 Å². The van der Waals surface area contributed by atoms with E-state index in [0.717, 1.165) is 10.2 Å². The Morgan fingerprint density at radius 3 is 2.65 bits per heavy atom. The van der Waals surface area contributed by atoms with Gasteiger partial charge in [0.2, 0.25) is 0 Å². The van der Waals surface area contributed by atoms with Gasteiger partial charge >= 0.3 is 0 Å². The molecule has 4 heteroatoms. The van der Waals surface area contributed by atoms with Crippen LogP contribution in [0.5, 0.6) is 5.75 Å². The summed E-state index contributed by atoms with van der Waals surface area (Å²) in [5, 5.41) is 3.16. The van der Waals surface area contributed by atoms with Gasteiger partial charge in [-0.1, -0.05) is 34.1 Å². The Kier molecular flexibility index (Phi) is 5.56. The topological polar surface area (TPSA) is 21.3 Å². The highest BCUT2D eigenvalue weighted by Crippen LogP contribution is 2.17. The Morgan fingerprint density at radius 2 is 1.95 bits per heavy atom. The quantitative estimate of drug-likeness (QED) is 0.865. The third kappa shape index (κ3) is 4.32. The van der Waals surface area contributed by atoms with Gasteiger partial charge in [-0.15, -0.1) is 0 Å². The lowest BCUT2D eigenvalue weighted by Gasteiger charge is -2.17. The molecule has 0 aliphatic carbocycles. The van der Waals surface area contributed by atoms with Crippen molar-refractivity contribution in [1.29, 1.82) is 0 Å². The summed E-state index contributed by atoms with van der Waals surface area (Å²) in [6.45, 7) is 0.493. The van der Waals surface area contributed by atoms with Crippen LogP contribution in [0.4, 0.5) is 4.39 Å². The summed E-state index contributed by atoms with van der Waals surface area (Å²) in [6.07, 6.45) is 0.578. The van der Waals surface area contributed by atoms with Crippen LogP contribution in [0.2, 0.25) is 0 Å². The van der Waals surface area contributed by atoms with Gasteiger partial charge < -0.3 is 10.1 Å². The lowest BCUT2D eigenvalue weighted by Crippen LogP contribution is -2.34. The molecule has 1 unspecified atom stereocenters. The number of nitrogens with one attached hydrogen (secondary N) is 1. The summed E-state index contributed by atoms with van der Waals surface area (Å²) < 4.78 is 20.3. The Bertz CT molecular complexity index is 547. The normalized spacial score (nSPS) is 12.2. The van der Waals surface area contributed by atoms with Gasteiger partial charge in [0.05, 0.1) is 0 Å². The molecule has 0 radical (unpaired) electrons. The van der Waals surface area contributed by atoms with E-state index in [1.807, 2.05) is 43.4 Å². The molecule has 0 heterocycles. The molecule has 2 nitrogen and oxygen atoms in total. The molecule has 1 atom stereocenters. The third-order valence-electron chi connectivity index (χ3n) is 3.08. The Hall–Kier alpha value is -1.39. The number of para-hydroxylation sites is 1. The van der Waals surface area contributed by atoms with Crippen LogP contribution in [-0.4, -0.2) is 19.7 Å². The number of halogens is 2. The highest BCUT2D eigenvalue weighted by atomic mass is 79.9. The summed E-state index contributed by atoms with van der Waals surface area (Å²) in [5.74, 6) is 0.635. The number of hydrogen-bond acceptors (Lipinski definition) is 2. The maximum atomic E-state index is 13.7. The number of likely N-dealkylation sites (N-methyl/N-ethyl adjacent to an activating group) is 1. The Morgan fingerprint density at radius 1 is 1.20 bits per heavy atom. The van der Waals surface area contributed by atoms with Crippen molar-refractivity contribution in [2.75, 3.05) is 13.7 Å². The van der Waals surface area contributed by atoms with E-state index < -0.39 is 0 Å². The fraction of sp³-hybridized carbons (Fsp3) is 0.250. The van der Waals surface area contributed by atoms with Crippen LogP contribution in [-0.2, 0) is 6.42 Å². The van der Waals surface area contributed by atoms with Crippen molar-refractivity contribution in [1.82, 2.24) is 5.32 Å². The highest BCUT2D eigenvalue weighted by molar-refractivity contribution is 9.10. The van der Waals surface area contributed by atoms with Crippen LogP contribution >= 0.6 is 15.9 Å². The zero-order chi connectivity index (χ0) is 14.4. The number of ether oxygens (including phenoxy) is 1. The van der Waals surface area contributed by atoms with Crippen LogP contribution in [0.1, 0.15) is 5.56 Å². The van der Waals surface area contributed by atoms with Crippen molar-refractivity contribution in [3.8, 4) is 5.75 Å². The number of hydrogen-bond donors (Lipinski definition) is 1. The average Bonchev–Trinajstić information content (AvgIpc) is 2.48. The van der Waals surface area contributed by atoms with Gasteiger partial charge in [0.1, 0.15) is 18.2 Å². The molecule has 0 aromatic heterocycles. The molecular formula is C16H17BrFNO. The molecule has 0 amide bonds. The highest BCUT2D eigenvalue weighted by Gasteiger charge is 2.12. The molecular weight excluding hydrogens is 321 g/mol. The summed E-state index contributed by atoms with van der Waals surface area (Å²) in [5.41, 5.74) is 0.676. The Labute approximate surface area is 127 Å². The van der Waals surface area contributed by atoms with Gasteiger partial charge in [0.15, 0.2) is 0 Å². The van der Waals surface area contributed by atoms with Crippen molar-refractivity contribution in [2.24, 2.45) is 0 Å².